The van der Waals surface area contributed by atoms with E-state index in [0.717, 1.165) is 42.4 Å². The van der Waals surface area contributed by atoms with Gasteiger partial charge >= 0.3 is 11.6 Å². The monoisotopic (exact) mass is 371 g/mol. The van der Waals surface area contributed by atoms with Gasteiger partial charge in [0.05, 0.1) is 12.5 Å². The highest BCUT2D eigenvalue weighted by atomic mass is 16.5. The summed E-state index contributed by atoms with van der Waals surface area (Å²) in [6, 6.07) is 5.75. The molecule has 2 heterocycles. The Morgan fingerprint density at radius 3 is 2.59 bits per heavy atom. The standard InChI is InChI=1S/C22H29NO4/c1-5-26-22(25)16-6-8-23(9-7-16)13-17-11-21(24)27-20-10-15(4)18(14(2)3)12-19(17)20/h10-12,14,16H,5-9,13H2,1-4H3. The molecule has 1 saturated heterocycles. The topological polar surface area (TPSA) is 59.8 Å². The molecular formula is C22H29NO4. The predicted octanol–water partition coefficient (Wildman–Crippen LogP) is 4.00. The van der Waals surface area contributed by atoms with Gasteiger partial charge in [-0.05, 0) is 74.5 Å². The number of carbonyl (C=O) groups excluding carboxylic acids is 1. The normalized spacial score (nSPS) is 16.2. The molecule has 27 heavy (non-hydrogen) atoms. The second-order valence-electron chi connectivity index (χ2n) is 7.75. The van der Waals surface area contributed by atoms with Crippen LogP contribution in [0.1, 0.15) is 56.2 Å². The summed E-state index contributed by atoms with van der Waals surface area (Å²) in [6.07, 6.45) is 1.60. The highest BCUT2D eigenvalue weighted by Gasteiger charge is 2.26. The van der Waals surface area contributed by atoms with Gasteiger partial charge < -0.3 is 9.15 Å². The lowest BCUT2D eigenvalue weighted by molar-refractivity contribution is -0.149. The number of nitrogens with zero attached hydrogens (tertiary/aromatic N) is 1. The van der Waals surface area contributed by atoms with Crippen molar-refractivity contribution < 1.29 is 13.9 Å². The van der Waals surface area contributed by atoms with Gasteiger partial charge in [0.25, 0.3) is 0 Å². The number of benzene rings is 1. The Bertz CT molecular complexity index is 876. The molecule has 5 nitrogen and oxygen atoms in total. The van der Waals surface area contributed by atoms with Crippen molar-refractivity contribution in [3.63, 3.8) is 0 Å². The highest BCUT2D eigenvalue weighted by Crippen LogP contribution is 2.28. The number of carbonyl (C=O) groups is 1. The Morgan fingerprint density at radius 2 is 1.96 bits per heavy atom. The number of piperidine rings is 1. The van der Waals surface area contributed by atoms with Crippen LogP contribution in [0, 0.1) is 12.8 Å². The molecule has 5 heteroatoms. The lowest BCUT2D eigenvalue weighted by atomic mass is 9.94. The maximum atomic E-state index is 12.0. The third kappa shape index (κ3) is 4.41. The van der Waals surface area contributed by atoms with Crippen LogP contribution in [0.2, 0.25) is 0 Å². The van der Waals surface area contributed by atoms with E-state index in [0.29, 0.717) is 24.7 Å². The number of hydrogen-bond donors (Lipinski definition) is 0. The lowest BCUT2D eigenvalue weighted by Crippen LogP contribution is -2.36. The minimum atomic E-state index is -0.310. The Labute approximate surface area is 160 Å². The minimum absolute atomic E-state index is 0.00557. The molecule has 0 spiro atoms. The summed E-state index contributed by atoms with van der Waals surface area (Å²) in [5, 5.41) is 1.01. The predicted molar refractivity (Wildman–Crippen MR) is 106 cm³/mol. The van der Waals surface area contributed by atoms with Crippen LogP contribution in [0.15, 0.2) is 27.4 Å². The molecule has 2 aromatic rings. The van der Waals surface area contributed by atoms with Crippen molar-refractivity contribution in [2.45, 2.75) is 53.0 Å². The van der Waals surface area contributed by atoms with Crippen LogP contribution in [0.4, 0.5) is 0 Å². The molecule has 0 unspecified atom stereocenters. The van der Waals surface area contributed by atoms with Crippen LogP contribution < -0.4 is 5.63 Å². The Hall–Kier alpha value is -2.14. The summed E-state index contributed by atoms with van der Waals surface area (Å²) in [5.41, 5.74) is 3.76. The number of hydrogen-bond acceptors (Lipinski definition) is 5. The Morgan fingerprint density at radius 1 is 1.26 bits per heavy atom. The quantitative estimate of drug-likeness (QED) is 0.587. The number of aryl methyl sites for hydroxylation is 1. The van der Waals surface area contributed by atoms with Crippen LogP contribution in [0.5, 0.6) is 0 Å². The van der Waals surface area contributed by atoms with Crippen molar-refractivity contribution in [2.75, 3.05) is 19.7 Å². The largest absolute Gasteiger partial charge is 0.466 e. The van der Waals surface area contributed by atoms with Gasteiger partial charge in [-0.25, -0.2) is 4.79 Å². The maximum absolute atomic E-state index is 12.0. The van der Waals surface area contributed by atoms with Gasteiger partial charge in [-0.15, -0.1) is 0 Å². The minimum Gasteiger partial charge on any atom is -0.466 e. The third-order valence-corrected chi connectivity index (χ3v) is 5.44. The summed E-state index contributed by atoms with van der Waals surface area (Å²) in [7, 11) is 0. The van der Waals surface area contributed by atoms with Gasteiger partial charge in [0.1, 0.15) is 5.58 Å². The fourth-order valence-corrected chi connectivity index (χ4v) is 3.97. The van der Waals surface area contributed by atoms with E-state index in [-0.39, 0.29) is 17.5 Å². The van der Waals surface area contributed by atoms with E-state index >= 15 is 0 Å². The zero-order chi connectivity index (χ0) is 19.6. The van der Waals surface area contributed by atoms with Crippen LogP contribution >= 0.6 is 0 Å². The Kier molecular flexibility index (Phi) is 6.00. The average molecular weight is 371 g/mol. The first kappa shape index (κ1) is 19.6. The smallest absolute Gasteiger partial charge is 0.336 e. The first-order chi connectivity index (χ1) is 12.9. The molecule has 1 aliphatic rings. The van der Waals surface area contributed by atoms with Crippen LogP contribution in [0.25, 0.3) is 11.0 Å². The van der Waals surface area contributed by atoms with E-state index in [1.165, 1.54) is 5.56 Å². The van der Waals surface area contributed by atoms with Crippen molar-refractivity contribution >= 4 is 16.9 Å². The molecule has 0 N–H and O–H groups in total. The summed E-state index contributed by atoms with van der Waals surface area (Å²) >= 11 is 0. The molecule has 1 aromatic heterocycles. The summed E-state index contributed by atoms with van der Waals surface area (Å²) < 4.78 is 10.6. The van der Waals surface area contributed by atoms with Crippen molar-refractivity contribution in [3.8, 4) is 0 Å². The molecule has 0 saturated carbocycles. The van der Waals surface area contributed by atoms with E-state index < -0.39 is 0 Å². The summed E-state index contributed by atoms with van der Waals surface area (Å²) in [4.78, 5) is 26.3. The average Bonchev–Trinajstić information content (AvgIpc) is 2.61. The number of fused-ring (bicyclic) bond motifs is 1. The van der Waals surface area contributed by atoms with E-state index in [1.807, 2.05) is 13.0 Å². The van der Waals surface area contributed by atoms with E-state index in [9.17, 15) is 9.59 Å². The number of ether oxygens (including phenoxy) is 1. The van der Waals surface area contributed by atoms with Gasteiger partial charge in [-0.2, -0.15) is 0 Å². The third-order valence-electron chi connectivity index (χ3n) is 5.44. The fraction of sp³-hybridized carbons (Fsp3) is 0.545. The van der Waals surface area contributed by atoms with Crippen LogP contribution in [0.3, 0.4) is 0 Å². The second-order valence-corrected chi connectivity index (χ2v) is 7.75. The molecule has 1 aromatic carbocycles. The van der Waals surface area contributed by atoms with Gasteiger partial charge in [-0.1, -0.05) is 13.8 Å². The van der Waals surface area contributed by atoms with Crippen molar-refractivity contribution in [1.29, 1.82) is 0 Å². The molecule has 0 aliphatic carbocycles. The first-order valence-corrected chi connectivity index (χ1v) is 9.85. The molecule has 0 bridgehead atoms. The first-order valence-electron chi connectivity index (χ1n) is 9.85. The molecule has 1 aliphatic heterocycles. The zero-order valence-electron chi connectivity index (χ0n) is 16.7. The van der Waals surface area contributed by atoms with E-state index in [1.54, 1.807) is 6.07 Å². The molecule has 0 amide bonds. The number of esters is 1. The number of likely N-dealkylation sites (tertiary alicyclic amines) is 1. The Balaban J connectivity index is 1.82. The SMILES string of the molecule is CCOC(=O)C1CCN(Cc2cc(=O)oc3cc(C)c(C(C)C)cc23)CC1. The van der Waals surface area contributed by atoms with Gasteiger partial charge in [0.15, 0.2) is 0 Å². The molecule has 146 valence electrons. The number of rotatable bonds is 5. The zero-order valence-corrected chi connectivity index (χ0v) is 16.7. The maximum Gasteiger partial charge on any atom is 0.336 e. The molecule has 1 fully saturated rings. The van der Waals surface area contributed by atoms with Gasteiger partial charge in [0, 0.05) is 18.0 Å². The molecule has 0 atom stereocenters. The van der Waals surface area contributed by atoms with E-state index in [4.69, 9.17) is 9.15 Å². The highest BCUT2D eigenvalue weighted by molar-refractivity contribution is 5.82. The fourth-order valence-electron chi connectivity index (χ4n) is 3.97. The second kappa shape index (κ2) is 8.26. The van der Waals surface area contributed by atoms with Gasteiger partial charge in [0.2, 0.25) is 0 Å². The summed E-state index contributed by atoms with van der Waals surface area (Å²) in [6.45, 7) is 11.0. The van der Waals surface area contributed by atoms with Gasteiger partial charge in [-0.3, -0.25) is 9.69 Å². The lowest BCUT2D eigenvalue weighted by Gasteiger charge is -2.31. The molecular weight excluding hydrogens is 342 g/mol. The molecule has 0 radical (unpaired) electrons. The van der Waals surface area contributed by atoms with Crippen molar-refractivity contribution in [3.05, 3.63) is 45.3 Å². The van der Waals surface area contributed by atoms with Crippen LogP contribution in [-0.2, 0) is 16.1 Å². The van der Waals surface area contributed by atoms with E-state index in [2.05, 4.69) is 31.7 Å². The molecule has 3 rings (SSSR count). The van der Waals surface area contributed by atoms with Crippen molar-refractivity contribution in [2.24, 2.45) is 5.92 Å². The van der Waals surface area contributed by atoms with Crippen molar-refractivity contribution in [1.82, 2.24) is 4.90 Å². The van der Waals surface area contributed by atoms with Crippen LogP contribution in [-0.4, -0.2) is 30.6 Å². The summed E-state index contributed by atoms with van der Waals surface area (Å²) in [5.74, 6) is 0.323.